The summed E-state index contributed by atoms with van der Waals surface area (Å²) in [6.07, 6.45) is 5.17. The molecule has 4 aromatic rings. The molecule has 8 heteroatoms. The third kappa shape index (κ3) is 3.56. The van der Waals surface area contributed by atoms with Gasteiger partial charge in [0.05, 0.1) is 11.9 Å². The van der Waals surface area contributed by atoms with Crippen LogP contribution in [0.25, 0.3) is 11.2 Å². The number of nitrogens with one attached hydrogen (secondary N) is 1. The lowest BCUT2D eigenvalue weighted by Gasteiger charge is -2.11. The van der Waals surface area contributed by atoms with Crippen LogP contribution in [0, 0.1) is 12.8 Å². The molecule has 1 aromatic carbocycles. The number of amides is 1. The number of hydrogen-bond acceptors (Lipinski definition) is 5. The number of imidazole rings is 1. The van der Waals surface area contributed by atoms with E-state index in [1.54, 1.807) is 12.5 Å². The highest BCUT2D eigenvalue weighted by molar-refractivity contribution is 5.96. The van der Waals surface area contributed by atoms with Crippen molar-refractivity contribution < 1.29 is 4.79 Å². The standard InChI is InChI=1S/C22H23N7O/c1-15-26-27-20-9-17(13-29(15)20)11-24-22(30)18-10-19-21(23-12-18)28(14-25-19)8-7-16-5-3-2-4-6-16/h2-6,10,12,14,17H,7-9,11,13H2,1H3,(H,24,30). The first-order valence-electron chi connectivity index (χ1n) is 10.2. The predicted octanol–water partition coefficient (Wildman–Crippen LogP) is 2.18. The lowest BCUT2D eigenvalue weighted by Crippen LogP contribution is -2.30. The Morgan fingerprint density at radius 3 is 2.90 bits per heavy atom. The van der Waals surface area contributed by atoms with Crippen molar-refractivity contribution in [3.63, 3.8) is 0 Å². The molecular formula is C22H23N7O. The number of fused-ring (bicyclic) bond motifs is 2. The van der Waals surface area contributed by atoms with E-state index in [1.807, 2.05) is 35.8 Å². The molecule has 0 bridgehead atoms. The zero-order valence-corrected chi connectivity index (χ0v) is 16.8. The van der Waals surface area contributed by atoms with E-state index in [4.69, 9.17) is 0 Å². The molecular weight excluding hydrogens is 378 g/mol. The number of pyridine rings is 1. The first-order chi connectivity index (χ1) is 14.7. The first-order valence-corrected chi connectivity index (χ1v) is 10.2. The summed E-state index contributed by atoms with van der Waals surface area (Å²) in [7, 11) is 0. The maximum Gasteiger partial charge on any atom is 0.252 e. The number of nitrogens with zero attached hydrogens (tertiary/aromatic N) is 6. The summed E-state index contributed by atoms with van der Waals surface area (Å²) >= 11 is 0. The van der Waals surface area contributed by atoms with E-state index in [2.05, 4.69) is 42.2 Å². The second kappa shape index (κ2) is 7.70. The second-order valence-corrected chi connectivity index (χ2v) is 7.79. The number of carbonyl (C=O) groups excluding carboxylic acids is 1. The summed E-state index contributed by atoms with van der Waals surface area (Å²) in [6, 6.07) is 12.1. The molecule has 1 N–H and O–H groups in total. The van der Waals surface area contributed by atoms with Gasteiger partial charge in [0.1, 0.15) is 17.2 Å². The monoisotopic (exact) mass is 401 g/mol. The van der Waals surface area contributed by atoms with Crippen molar-refractivity contribution in [2.75, 3.05) is 6.54 Å². The van der Waals surface area contributed by atoms with E-state index < -0.39 is 0 Å². The summed E-state index contributed by atoms with van der Waals surface area (Å²) in [5, 5.41) is 11.3. The lowest BCUT2D eigenvalue weighted by atomic mass is 10.1. The van der Waals surface area contributed by atoms with Crippen LogP contribution in [0.1, 0.15) is 27.6 Å². The number of hydrogen-bond donors (Lipinski definition) is 1. The van der Waals surface area contributed by atoms with Gasteiger partial charge in [0.25, 0.3) is 5.91 Å². The van der Waals surface area contributed by atoms with Crippen molar-refractivity contribution >= 4 is 17.1 Å². The average Bonchev–Trinajstić information content (AvgIpc) is 3.46. The van der Waals surface area contributed by atoms with Gasteiger partial charge in [-0.2, -0.15) is 0 Å². The van der Waals surface area contributed by atoms with Gasteiger partial charge in [-0.25, -0.2) is 9.97 Å². The summed E-state index contributed by atoms with van der Waals surface area (Å²) < 4.78 is 4.15. The fourth-order valence-electron chi connectivity index (χ4n) is 4.00. The highest BCUT2D eigenvalue weighted by Crippen LogP contribution is 2.19. The molecule has 1 unspecified atom stereocenters. The molecule has 1 aliphatic rings. The van der Waals surface area contributed by atoms with Gasteiger partial charge in [-0.15, -0.1) is 10.2 Å². The van der Waals surface area contributed by atoms with E-state index in [0.29, 0.717) is 18.0 Å². The second-order valence-electron chi connectivity index (χ2n) is 7.79. The molecule has 152 valence electrons. The van der Waals surface area contributed by atoms with Gasteiger partial charge in [-0.3, -0.25) is 4.79 Å². The Kier molecular flexibility index (Phi) is 4.74. The summed E-state index contributed by atoms with van der Waals surface area (Å²) in [4.78, 5) is 21.6. The van der Waals surface area contributed by atoms with Crippen LogP contribution in [0.5, 0.6) is 0 Å². The van der Waals surface area contributed by atoms with Crippen molar-refractivity contribution in [1.29, 1.82) is 0 Å². The molecule has 1 atom stereocenters. The third-order valence-corrected chi connectivity index (χ3v) is 5.68. The van der Waals surface area contributed by atoms with Crippen molar-refractivity contribution in [2.45, 2.75) is 32.9 Å². The molecule has 0 spiro atoms. The Hall–Kier alpha value is -3.55. The molecule has 30 heavy (non-hydrogen) atoms. The minimum absolute atomic E-state index is 0.123. The van der Waals surface area contributed by atoms with Crippen LogP contribution >= 0.6 is 0 Å². The predicted molar refractivity (Wildman–Crippen MR) is 112 cm³/mol. The van der Waals surface area contributed by atoms with Gasteiger partial charge < -0.3 is 14.5 Å². The van der Waals surface area contributed by atoms with Crippen LogP contribution in [0.15, 0.2) is 48.9 Å². The number of aromatic nitrogens is 6. The van der Waals surface area contributed by atoms with Crippen LogP contribution in [0.4, 0.5) is 0 Å². The highest BCUT2D eigenvalue weighted by Gasteiger charge is 2.25. The number of benzene rings is 1. The van der Waals surface area contributed by atoms with Gasteiger partial charge >= 0.3 is 0 Å². The number of rotatable bonds is 6. The van der Waals surface area contributed by atoms with Crippen molar-refractivity contribution in [1.82, 2.24) is 34.6 Å². The molecule has 1 aliphatic heterocycles. The van der Waals surface area contributed by atoms with E-state index in [9.17, 15) is 4.79 Å². The first kappa shape index (κ1) is 18.5. The Balaban J connectivity index is 1.21. The Bertz CT molecular complexity index is 1190. The van der Waals surface area contributed by atoms with Crippen LogP contribution in [0.3, 0.4) is 0 Å². The summed E-state index contributed by atoms with van der Waals surface area (Å²) in [5.74, 6) is 2.14. The molecule has 1 amide bonds. The van der Waals surface area contributed by atoms with E-state index in [-0.39, 0.29) is 5.91 Å². The lowest BCUT2D eigenvalue weighted by molar-refractivity contribution is 0.0946. The molecule has 0 aliphatic carbocycles. The van der Waals surface area contributed by atoms with Crippen molar-refractivity contribution in [3.05, 3.63) is 71.7 Å². The Morgan fingerprint density at radius 2 is 2.07 bits per heavy atom. The molecule has 0 radical (unpaired) electrons. The summed E-state index contributed by atoms with van der Waals surface area (Å²) in [5.41, 5.74) is 3.34. The van der Waals surface area contributed by atoms with Gasteiger partial charge in [-0.1, -0.05) is 30.3 Å². The van der Waals surface area contributed by atoms with Gasteiger partial charge in [0.2, 0.25) is 0 Å². The van der Waals surface area contributed by atoms with Crippen molar-refractivity contribution in [3.8, 4) is 0 Å². The van der Waals surface area contributed by atoms with Gasteiger partial charge in [0, 0.05) is 38.2 Å². The quantitative estimate of drug-likeness (QED) is 0.535. The van der Waals surface area contributed by atoms with Crippen LogP contribution in [0.2, 0.25) is 0 Å². The molecule has 5 rings (SSSR count). The maximum atomic E-state index is 12.6. The molecule has 8 nitrogen and oxygen atoms in total. The van der Waals surface area contributed by atoms with Crippen LogP contribution < -0.4 is 5.32 Å². The van der Waals surface area contributed by atoms with Gasteiger partial charge in [-0.05, 0) is 25.0 Å². The van der Waals surface area contributed by atoms with E-state index in [1.165, 1.54) is 5.56 Å². The zero-order chi connectivity index (χ0) is 20.5. The van der Waals surface area contributed by atoms with Gasteiger partial charge in [0.15, 0.2) is 5.65 Å². The number of aryl methyl sites for hydroxylation is 3. The normalized spacial score (nSPS) is 15.4. The average molecular weight is 401 g/mol. The smallest absolute Gasteiger partial charge is 0.252 e. The van der Waals surface area contributed by atoms with E-state index >= 15 is 0 Å². The van der Waals surface area contributed by atoms with E-state index in [0.717, 1.165) is 48.7 Å². The summed E-state index contributed by atoms with van der Waals surface area (Å²) in [6.45, 7) is 4.20. The fraction of sp³-hybridized carbons (Fsp3) is 0.318. The highest BCUT2D eigenvalue weighted by atomic mass is 16.1. The maximum absolute atomic E-state index is 12.6. The minimum atomic E-state index is -0.123. The molecule has 0 saturated carbocycles. The molecule has 4 heterocycles. The fourth-order valence-corrected chi connectivity index (χ4v) is 4.00. The Morgan fingerprint density at radius 1 is 1.20 bits per heavy atom. The SMILES string of the molecule is Cc1nnc2n1CC(CNC(=O)c1cnc3c(c1)ncn3CCc1ccccc1)C2. The third-order valence-electron chi connectivity index (χ3n) is 5.68. The largest absolute Gasteiger partial charge is 0.352 e. The molecule has 0 fully saturated rings. The zero-order valence-electron chi connectivity index (χ0n) is 16.8. The van der Waals surface area contributed by atoms with Crippen LogP contribution in [-0.4, -0.2) is 41.8 Å². The van der Waals surface area contributed by atoms with Crippen molar-refractivity contribution in [2.24, 2.45) is 5.92 Å². The van der Waals surface area contributed by atoms with Crippen LogP contribution in [-0.2, 0) is 25.9 Å². The topological polar surface area (TPSA) is 90.5 Å². The number of carbonyl (C=O) groups is 1. The molecule has 0 saturated heterocycles. The molecule has 3 aromatic heterocycles. The minimum Gasteiger partial charge on any atom is -0.352 e. The Labute approximate surface area is 174 Å².